The molecule has 6 unspecified atom stereocenters. The molecule has 3 heterocycles. The van der Waals surface area contributed by atoms with Crippen molar-refractivity contribution < 1.29 is 13.5 Å². The van der Waals surface area contributed by atoms with Crippen LogP contribution >= 0.6 is 0 Å². The van der Waals surface area contributed by atoms with Crippen molar-refractivity contribution >= 4 is 10.0 Å². The van der Waals surface area contributed by atoms with Gasteiger partial charge in [0.25, 0.3) is 0 Å². The lowest BCUT2D eigenvalue weighted by Gasteiger charge is -2.41. The largest absolute Gasteiger partial charge is 0.390 e. The number of hydrogen-bond donors (Lipinski definition) is 5. The van der Waals surface area contributed by atoms with E-state index in [0.29, 0.717) is 19.0 Å². The van der Waals surface area contributed by atoms with Crippen molar-refractivity contribution in [3.63, 3.8) is 0 Å². The van der Waals surface area contributed by atoms with Crippen LogP contribution < -0.4 is 20.9 Å². The molecule has 5 N–H and O–H groups in total. The van der Waals surface area contributed by atoms with Crippen molar-refractivity contribution in [3.8, 4) is 0 Å². The molecule has 0 radical (unpaired) electrons. The second-order valence-electron chi connectivity index (χ2n) is 9.96. The zero-order chi connectivity index (χ0) is 21.5. The zero-order valence-electron chi connectivity index (χ0n) is 18.6. The lowest BCUT2D eigenvalue weighted by Crippen LogP contribution is -2.56. The van der Waals surface area contributed by atoms with Gasteiger partial charge in [-0.25, -0.2) is 23.2 Å². The summed E-state index contributed by atoms with van der Waals surface area (Å²) in [6.07, 6.45) is 5.67. The number of rotatable bonds is 6. The molecule has 0 spiro atoms. The van der Waals surface area contributed by atoms with Gasteiger partial charge in [-0.3, -0.25) is 10.9 Å². The van der Waals surface area contributed by atoms with Gasteiger partial charge in [0.05, 0.1) is 11.8 Å². The van der Waals surface area contributed by atoms with E-state index in [0.717, 1.165) is 51.6 Å². The molecule has 4 rings (SSSR count). The molecule has 0 aromatic heterocycles. The van der Waals surface area contributed by atoms with Crippen LogP contribution in [0.3, 0.4) is 0 Å². The molecule has 4 fully saturated rings. The van der Waals surface area contributed by atoms with Gasteiger partial charge in [-0.15, -0.1) is 0 Å². The first-order chi connectivity index (χ1) is 14.2. The highest BCUT2D eigenvalue weighted by atomic mass is 32.2. The molecule has 4 aliphatic rings. The fourth-order valence-corrected chi connectivity index (χ4v) is 7.40. The van der Waals surface area contributed by atoms with Gasteiger partial charge in [0, 0.05) is 38.8 Å². The van der Waals surface area contributed by atoms with Crippen molar-refractivity contribution in [2.45, 2.75) is 81.5 Å². The zero-order valence-corrected chi connectivity index (χ0v) is 19.4. The third kappa shape index (κ3) is 4.56. The summed E-state index contributed by atoms with van der Waals surface area (Å²) in [5.41, 5.74) is 6.00. The van der Waals surface area contributed by atoms with Crippen molar-refractivity contribution in [2.24, 2.45) is 11.8 Å². The SMILES string of the molecule is CC[C@@](C)(O)C1CCNC(N2CC(S(=O)(=O)NC3CCCC4CNN(C)C43)CN2)C1. The Morgan fingerprint density at radius 3 is 2.77 bits per heavy atom. The molecular weight excluding hydrogens is 404 g/mol. The van der Waals surface area contributed by atoms with Crippen LogP contribution in [0.4, 0.5) is 0 Å². The highest BCUT2D eigenvalue weighted by Crippen LogP contribution is 2.33. The monoisotopic (exact) mass is 444 g/mol. The number of fused-ring (bicyclic) bond motifs is 1. The molecule has 30 heavy (non-hydrogen) atoms. The van der Waals surface area contributed by atoms with Crippen molar-refractivity contribution in [1.82, 2.24) is 30.9 Å². The summed E-state index contributed by atoms with van der Waals surface area (Å²) in [5.74, 6) is 0.735. The van der Waals surface area contributed by atoms with Crippen LogP contribution in [0, 0.1) is 11.8 Å². The van der Waals surface area contributed by atoms with E-state index in [2.05, 4.69) is 25.9 Å². The van der Waals surface area contributed by atoms with Crippen LogP contribution in [0.2, 0.25) is 0 Å². The topological polar surface area (TPSA) is 109 Å². The van der Waals surface area contributed by atoms with E-state index in [1.165, 1.54) is 0 Å². The molecule has 0 bridgehead atoms. The number of nitrogens with zero attached hydrogens (tertiary/aromatic N) is 2. The predicted molar refractivity (Wildman–Crippen MR) is 117 cm³/mol. The smallest absolute Gasteiger partial charge is 0.217 e. The fraction of sp³-hybridized carbons (Fsp3) is 1.00. The van der Waals surface area contributed by atoms with E-state index in [9.17, 15) is 13.5 Å². The van der Waals surface area contributed by atoms with E-state index in [-0.39, 0.29) is 24.2 Å². The first-order valence-electron chi connectivity index (χ1n) is 11.6. The van der Waals surface area contributed by atoms with Gasteiger partial charge in [-0.05, 0) is 57.4 Å². The second kappa shape index (κ2) is 8.90. The van der Waals surface area contributed by atoms with Crippen LogP contribution in [-0.4, -0.2) is 85.9 Å². The predicted octanol–water partition coefficient (Wildman–Crippen LogP) is -0.431. The molecule has 1 saturated carbocycles. The third-order valence-corrected chi connectivity index (χ3v) is 9.89. The Morgan fingerprint density at radius 1 is 1.20 bits per heavy atom. The van der Waals surface area contributed by atoms with Gasteiger partial charge in [-0.1, -0.05) is 13.3 Å². The Hall–Kier alpha value is -0.330. The molecule has 0 amide bonds. The van der Waals surface area contributed by atoms with Gasteiger partial charge in [-0.2, -0.15) is 0 Å². The Morgan fingerprint density at radius 2 is 2.00 bits per heavy atom. The fourth-order valence-electron chi connectivity index (χ4n) is 5.88. The minimum Gasteiger partial charge on any atom is -0.390 e. The van der Waals surface area contributed by atoms with Crippen LogP contribution in [-0.2, 0) is 10.0 Å². The van der Waals surface area contributed by atoms with Crippen LogP contribution in [0.5, 0.6) is 0 Å². The van der Waals surface area contributed by atoms with Gasteiger partial charge in [0.2, 0.25) is 10.0 Å². The van der Waals surface area contributed by atoms with E-state index < -0.39 is 20.9 Å². The van der Waals surface area contributed by atoms with E-state index in [4.69, 9.17) is 0 Å². The van der Waals surface area contributed by atoms with Gasteiger partial charge in [0.1, 0.15) is 5.25 Å². The average molecular weight is 445 g/mol. The normalized spacial score (nSPS) is 40.9. The maximum absolute atomic E-state index is 13.2. The lowest BCUT2D eigenvalue weighted by atomic mass is 9.79. The quantitative estimate of drug-likeness (QED) is 0.376. The summed E-state index contributed by atoms with van der Waals surface area (Å²) < 4.78 is 29.5. The molecule has 0 aromatic rings. The minimum absolute atomic E-state index is 0.0281. The second-order valence-corrected chi connectivity index (χ2v) is 12.0. The summed E-state index contributed by atoms with van der Waals surface area (Å²) >= 11 is 0. The number of aliphatic hydroxyl groups is 1. The van der Waals surface area contributed by atoms with Crippen molar-refractivity contribution in [2.75, 3.05) is 33.2 Å². The molecule has 3 saturated heterocycles. The Balaban J connectivity index is 1.36. The molecule has 10 heteroatoms. The molecule has 174 valence electrons. The summed E-state index contributed by atoms with van der Waals surface area (Å²) in [6, 6.07) is 0.204. The number of hydrogen-bond acceptors (Lipinski definition) is 8. The van der Waals surface area contributed by atoms with E-state index in [1.54, 1.807) is 0 Å². The Labute approximate surface area is 181 Å². The molecular formula is C20H40N6O3S. The first kappa shape index (κ1) is 22.8. The third-order valence-electron chi connectivity index (χ3n) is 8.06. The summed E-state index contributed by atoms with van der Waals surface area (Å²) in [7, 11) is -1.41. The highest BCUT2D eigenvalue weighted by Gasteiger charge is 2.45. The van der Waals surface area contributed by atoms with Crippen LogP contribution in [0.1, 0.15) is 52.4 Å². The molecule has 9 nitrogen and oxygen atoms in total. The maximum Gasteiger partial charge on any atom is 0.217 e. The van der Waals surface area contributed by atoms with Crippen molar-refractivity contribution in [3.05, 3.63) is 0 Å². The van der Waals surface area contributed by atoms with Gasteiger partial charge >= 0.3 is 0 Å². The standard InChI is InChI=1S/C20H40N6O3S/c1-4-20(2,27)15-8-9-21-18(10-15)26-13-16(12-23-26)30(28,29)24-17-7-5-6-14-11-22-25(3)19(14)17/h14-19,21-24,27H,4-13H2,1-3H3/t14?,15?,16?,17?,18?,19?,20-/m1/s1. The summed E-state index contributed by atoms with van der Waals surface area (Å²) in [4.78, 5) is 0. The highest BCUT2D eigenvalue weighted by molar-refractivity contribution is 7.90. The number of nitrogens with one attached hydrogen (secondary N) is 4. The van der Waals surface area contributed by atoms with Gasteiger partial charge < -0.3 is 10.4 Å². The van der Waals surface area contributed by atoms with Crippen LogP contribution in [0.15, 0.2) is 0 Å². The number of likely N-dealkylation sites (N-methyl/N-ethyl adjacent to an activating group) is 1. The number of hydrazine groups is 2. The summed E-state index contributed by atoms with van der Waals surface area (Å²) in [6.45, 7) is 6.60. The maximum atomic E-state index is 13.2. The number of piperidine rings is 1. The van der Waals surface area contributed by atoms with E-state index in [1.807, 2.05) is 25.9 Å². The first-order valence-corrected chi connectivity index (χ1v) is 13.2. The van der Waals surface area contributed by atoms with Crippen LogP contribution in [0.25, 0.3) is 0 Å². The molecule has 0 aromatic carbocycles. The molecule has 7 atom stereocenters. The Kier molecular flexibility index (Phi) is 6.78. The minimum atomic E-state index is -3.43. The van der Waals surface area contributed by atoms with Crippen molar-refractivity contribution in [1.29, 1.82) is 0 Å². The molecule has 1 aliphatic carbocycles. The lowest BCUT2D eigenvalue weighted by molar-refractivity contribution is -0.0408. The molecule has 3 aliphatic heterocycles. The number of sulfonamides is 1. The average Bonchev–Trinajstić information content (AvgIpc) is 3.36. The van der Waals surface area contributed by atoms with Gasteiger partial charge in [0.15, 0.2) is 0 Å². The van der Waals surface area contributed by atoms with E-state index >= 15 is 0 Å². The Bertz CT molecular complexity index is 703. The summed E-state index contributed by atoms with van der Waals surface area (Å²) in [5, 5.41) is 17.9.